The summed E-state index contributed by atoms with van der Waals surface area (Å²) in [7, 11) is -6.83. The Kier molecular flexibility index (Phi) is 5.52. The molecular formula is C13H18O6S2. The summed E-state index contributed by atoms with van der Waals surface area (Å²) in [5.74, 6) is -2.70. The molecule has 0 aromatic heterocycles. The van der Waals surface area contributed by atoms with Crippen LogP contribution in [0.3, 0.4) is 0 Å². The van der Waals surface area contributed by atoms with Crippen molar-refractivity contribution in [3.63, 3.8) is 0 Å². The molecule has 1 atom stereocenters. The zero-order valence-electron chi connectivity index (χ0n) is 11.8. The third-order valence-electron chi connectivity index (χ3n) is 3.00. The predicted octanol–water partition coefficient (Wildman–Crippen LogP) is 0.834. The van der Waals surface area contributed by atoms with E-state index in [1.54, 1.807) is 31.2 Å². The molecule has 0 saturated heterocycles. The Morgan fingerprint density at radius 2 is 1.62 bits per heavy atom. The molecule has 1 unspecified atom stereocenters. The number of benzene rings is 1. The van der Waals surface area contributed by atoms with Crippen LogP contribution in [0, 0.1) is 0 Å². The molecule has 0 aliphatic rings. The van der Waals surface area contributed by atoms with Crippen LogP contribution in [-0.4, -0.2) is 45.7 Å². The minimum Gasteiger partial charge on any atom is -0.481 e. The van der Waals surface area contributed by atoms with Gasteiger partial charge >= 0.3 is 5.97 Å². The number of aliphatic carboxylic acids is 1. The fourth-order valence-corrected chi connectivity index (χ4v) is 4.72. The lowest BCUT2D eigenvalue weighted by Crippen LogP contribution is -2.17. The normalized spacial score (nSPS) is 13.8. The first-order chi connectivity index (χ1) is 9.50. The number of hydrogen-bond acceptors (Lipinski definition) is 5. The Balaban J connectivity index is 2.78. The smallest absolute Gasteiger partial charge is 0.310 e. The lowest BCUT2D eigenvalue weighted by Gasteiger charge is -2.08. The second-order valence-corrected chi connectivity index (χ2v) is 9.47. The summed E-state index contributed by atoms with van der Waals surface area (Å²) in [6.45, 7) is 1.54. The molecule has 0 aliphatic carbocycles. The molecule has 0 saturated carbocycles. The van der Waals surface area contributed by atoms with E-state index in [0.29, 0.717) is 11.1 Å². The monoisotopic (exact) mass is 334 g/mol. The first-order valence-corrected chi connectivity index (χ1v) is 10.1. The highest BCUT2D eigenvalue weighted by Gasteiger charge is 2.17. The summed E-state index contributed by atoms with van der Waals surface area (Å²) in [4.78, 5) is 10.8. The largest absolute Gasteiger partial charge is 0.481 e. The molecule has 1 aromatic carbocycles. The van der Waals surface area contributed by atoms with Gasteiger partial charge in [-0.1, -0.05) is 24.3 Å². The molecule has 0 radical (unpaired) electrons. The standard InChI is InChI=1S/C13H18O6S2/c1-10(13(14)15)12-5-3-11(4-6-12)9-21(18,19)8-7-20(2,16)17/h3-6,10H,7-9H2,1-2H3,(H,14,15). The van der Waals surface area contributed by atoms with Crippen LogP contribution >= 0.6 is 0 Å². The van der Waals surface area contributed by atoms with Gasteiger partial charge in [-0.15, -0.1) is 0 Å². The van der Waals surface area contributed by atoms with Crippen LogP contribution in [0.5, 0.6) is 0 Å². The number of carboxylic acids is 1. The van der Waals surface area contributed by atoms with Crippen LogP contribution in [0.2, 0.25) is 0 Å². The van der Waals surface area contributed by atoms with Crippen molar-refractivity contribution in [1.82, 2.24) is 0 Å². The Morgan fingerprint density at radius 3 is 2.05 bits per heavy atom. The van der Waals surface area contributed by atoms with E-state index in [-0.39, 0.29) is 5.75 Å². The van der Waals surface area contributed by atoms with Crippen LogP contribution in [-0.2, 0) is 30.2 Å². The van der Waals surface area contributed by atoms with Crippen LogP contribution in [0.1, 0.15) is 24.0 Å². The highest BCUT2D eigenvalue weighted by Crippen LogP contribution is 2.17. The molecule has 0 spiro atoms. The molecule has 0 bridgehead atoms. The number of sulfone groups is 2. The maximum Gasteiger partial charge on any atom is 0.310 e. The fourth-order valence-electron chi connectivity index (χ4n) is 1.65. The molecule has 1 rings (SSSR count). The van der Waals surface area contributed by atoms with Gasteiger partial charge < -0.3 is 5.11 Å². The summed E-state index contributed by atoms with van der Waals surface area (Å²) < 4.78 is 45.6. The summed E-state index contributed by atoms with van der Waals surface area (Å²) >= 11 is 0. The van der Waals surface area contributed by atoms with E-state index in [1.807, 2.05) is 0 Å². The summed E-state index contributed by atoms with van der Waals surface area (Å²) in [6, 6.07) is 6.24. The molecular weight excluding hydrogens is 316 g/mol. The second-order valence-electron chi connectivity index (χ2n) is 5.02. The summed E-state index contributed by atoms with van der Waals surface area (Å²) in [6.07, 6.45) is 0.991. The molecule has 0 amide bonds. The number of carbonyl (C=O) groups is 1. The topological polar surface area (TPSA) is 106 Å². The average Bonchev–Trinajstić information content (AvgIpc) is 2.35. The maximum absolute atomic E-state index is 11.8. The predicted molar refractivity (Wildman–Crippen MR) is 79.7 cm³/mol. The second kappa shape index (κ2) is 6.57. The minimum absolute atomic E-state index is 0.260. The lowest BCUT2D eigenvalue weighted by atomic mass is 10.0. The number of rotatable bonds is 7. The Labute approximate surface area is 124 Å². The maximum atomic E-state index is 11.8. The first kappa shape index (κ1) is 17.6. The quantitative estimate of drug-likeness (QED) is 0.792. The Bertz CT molecular complexity index is 702. The summed E-state index contributed by atoms with van der Waals surface area (Å²) in [5, 5.41) is 8.88. The Morgan fingerprint density at radius 1 is 1.10 bits per heavy atom. The van der Waals surface area contributed by atoms with Gasteiger partial charge in [0, 0.05) is 6.26 Å². The van der Waals surface area contributed by atoms with E-state index in [2.05, 4.69) is 0 Å². The van der Waals surface area contributed by atoms with Crippen molar-refractivity contribution in [3.8, 4) is 0 Å². The van der Waals surface area contributed by atoms with Crippen molar-refractivity contribution < 1.29 is 26.7 Å². The van der Waals surface area contributed by atoms with E-state index in [9.17, 15) is 21.6 Å². The molecule has 0 aliphatic heterocycles. The highest BCUT2D eigenvalue weighted by molar-refractivity contribution is 7.94. The van der Waals surface area contributed by atoms with Crippen LogP contribution < -0.4 is 0 Å². The van der Waals surface area contributed by atoms with Gasteiger partial charge in [-0.2, -0.15) is 0 Å². The lowest BCUT2D eigenvalue weighted by molar-refractivity contribution is -0.138. The first-order valence-electron chi connectivity index (χ1n) is 6.20. The number of hydrogen-bond donors (Lipinski definition) is 1. The van der Waals surface area contributed by atoms with Gasteiger partial charge in [0.1, 0.15) is 9.84 Å². The molecule has 118 valence electrons. The van der Waals surface area contributed by atoms with Gasteiger partial charge in [0.15, 0.2) is 9.84 Å². The van der Waals surface area contributed by atoms with Crippen molar-refractivity contribution in [2.24, 2.45) is 0 Å². The molecule has 21 heavy (non-hydrogen) atoms. The zero-order valence-corrected chi connectivity index (χ0v) is 13.4. The van der Waals surface area contributed by atoms with E-state index >= 15 is 0 Å². The van der Waals surface area contributed by atoms with Crippen molar-refractivity contribution in [2.75, 3.05) is 17.8 Å². The van der Waals surface area contributed by atoms with Crippen LogP contribution in [0.25, 0.3) is 0 Å². The molecule has 1 N–H and O–H groups in total. The Hall–Kier alpha value is -1.41. The van der Waals surface area contributed by atoms with Gasteiger partial charge in [-0.3, -0.25) is 4.79 Å². The third-order valence-corrected chi connectivity index (χ3v) is 5.81. The fraction of sp³-hybridized carbons (Fsp3) is 0.462. The van der Waals surface area contributed by atoms with Crippen LogP contribution in [0.15, 0.2) is 24.3 Å². The summed E-state index contributed by atoms with van der Waals surface area (Å²) in [5.41, 5.74) is 1.09. The van der Waals surface area contributed by atoms with E-state index in [4.69, 9.17) is 5.11 Å². The van der Waals surface area contributed by atoms with Gasteiger partial charge in [0.2, 0.25) is 0 Å². The van der Waals surface area contributed by atoms with Crippen molar-refractivity contribution in [3.05, 3.63) is 35.4 Å². The molecule has 0 heterocycles. The van der Waals surface area contributed by atoms with Crippen LogP contribution in [0.4, 0.5) is 0 Å². The van der Waals surface area contributed by atoms with E-state index < -0.39 is 43.1 Å². The average molecular weight is 334 g/mol. The number of carboxylic acid groups (broad SMARTS) is 1. The van der Waals surface area contributed by atoms with Gasteiger partial charge in [0.25, 0.3) is 0 Å². The molecule has 8 heteroatoms. The van der Waals surface area contributed by atoms with Crippen molar-refractivity contribution in [2.45, 2.75) is 18.6 Å². The minimum atomic E-state index is -3.51. The molecule has 6 nitrogen and oxygen atoms in total. The van der Waals surface area contributed by atoms with Gasteiger partial charge in [0.05, 0.1) is 23.2 Å². The van der Waals surface area contributed by atoms with E-state index in [0.717, 1.165) is 6.26 Å². The van der Waals surface area contributed by atoms with E-state index in [1.165, 1.54) is 0 Å². The SMILES string of the molecule is CC(C(=O)O)c1ccc(CS(=O)(=O)CCS(C)(=O)=O)cc1. The zero-order chi connectivity index (χ0) is 16.3. The van der Waals surface area contributed by atoms with Crippen molar-refractivity contribution >= 4 is 25.6 Å². The van der Waals surface area contributed by atoms with Crippen molar-refractivity contribution in [1.29, 1.82) is 0 Å². The molecule has 1 aromatic rings. The third kappa shape index (κ3) is 6.26. The highest BCUT2D eigenvalue weighted by atomic mass is 32.2. The molecule has 0 fully saturated rings. The van der Waals surface area contributed by atoms with Gasteiger partial charge in [-0.05, 0) is 18.1 Å². The van der Waals surface area contributed by atoms with Gasteiger partial charge in [-0.25, -0.2) is 16.8 Å².